The highest BCUT2D eigenvalue weighted by Crippen LogP contribution is 2.42. The number of rotatable bonds is 8. The van der Waals surface area contributed by atoms with Crippen molar-refractivity contribution < 1.29 is 4.42 Å². The molecule has 0 aliphatic rings. The molecule has 0 radical (unpaired) electrons. The maximum Gasteiger partial charge on any atom is 0.135 e. The maximum atomic E-state index is 6.13. The number of furan rings is 1. The molecule has 2 aromatic heterocycles. The molecule has 0 bridgehead atoms. The van der Waals surface area contributed by atoms with Crippen LogP contribution in [-0.4, -0.2) is 4.57 Å². The summed E-state index contributed by atoms with van der Waals surface area (Å²) >= 11 is 0. The van der Waals surface area contributed by atoms with Gasteiger partial charge in [0.15, 0.2) is 0 Å². The fourth-order valence-electron chi connectivity index (χ4n) is 10.1. The SMILES string of the molecule is c1ccc(-c2ccc3c4ccccc4n(-c4ccccc4-c4ccc(-c5ccc(N(c6ccc(-c7ccc8oc9ccccc9c8c7)cc6)c6cccc7ccccc67)cc5)cc4)c3c2)cc1. The molecule has 0 saturated heterocycles. The first-order valence-electron chi connectivity index (χ1n) is 22.9. The van der Waals surface area contributed by atoms with Crippen LogP contribution in [0.15, 0.2) is 259 Å². The highest BCUT2D eigenvalue weighted by molar-refractivity contribution is 6.11. The molecule has 13 aromatic rings. The summed E-state index contributed by atoms with van der Waals surface area (Å²) in [5.74, 6) is 0. The van der Waals surface area contributed by atoms with Gasteiger partial charge >= 0.3 is 0 Å². The molecule has 2 heterocycles. The van der Waals surface area contributed by atoms with Gasteiger partial charge in [0, 0.05) is 43.9 Å². The van der Waals surface area contributed by atoms with Crippen LogP contribution in [0.5, 0.6) is 0 Å². The van der Waals surface area contributed by atoms with Gasteiger partial charge in [-0.15, -0.1) is 0 Å². The number of anilines is 3. The van der Waals surface area contributed by atoms with Crippen LogP contribution < -0.4 is 4.90 Å². The Kier molecular flexibility index (Phi) is 9.17. The van der Waals surface area contributed by atoms with Crippen molar-refractivity contribution in [3.8, 4) is 50.2 Å². The fraction of sp³-hybridized carbons (Fsp3) is 0. The van der Waals surface area contributed by atoms with Crippen molar-refractivity contribution in [2.24, 2.45) is 0 Å². The molecule has 67 heavy (non-hydrogen) atoms. The topological polar surface area (TPSA) is 21.3 Å². The van der Waals surface area contributed by atoms with Crippen LogP contribution in [-0.2, 0) is 0 Å². The molecule has 0 unspecified atom stereocenters. The van der Waals surface area contributed by atoms with E-state index in [-0.39, 0.29) is 0 Å². The summed E-state index contributed by atoms with van der Waals surface area (Å²) in [6.45, 7) is 0. The minimum atomic E-state index is 0.905. The van der Waals surface area contributed by atoms with Crippen LogP contribution in [0.2, 0.25) is 0 Å². The summed E-state index contributed by atoms with van der Waals surface area (Å²) in [4.78, 5) is 2.38. The highest BCUT2D eigenvalue weighted by atomic mass is 16.3. The molecule has 3 heteroatoms. The summed E-state index contributed by atoms with van der Waals surface area (Å²) in [7, 11) is 0. The lowest BCUT2D eigenvalue weighted by molar-refractivity contribution is 0.669. The van der Waals surface area contributed by atoms with E-state index >= 15 is 0 Å². The fourth-order valence-corrected chi connectivity index (χ4v) is 10.1. The third-order valence-electron chi connectivity index (χ3n) is 13.4. The Morgan fingerprint density at radius 1 is 0.299 bits per heavy atom. The van der Waals surface area contributed by atoms with Crippen LogP contribution in [0.1, 0.15) is 0 Å². The Hall–Kier alpha value is -8.92. The molecular formula is C64H42N2O. The van der Waals surface area contributed by atoms with E-state index in [0.29, 0.717) is 0 Å². The van der Waals surface area contributed by atoms with Crippen LogP contribution in [0.4, 0.5) is 17.1 Å². The van der Waals surface area contributed by atoms with Crippen LogP contribution in [0.25, 0.3) is 105 Å². The molecule has 0 aliphatic heterocycles. The number of para-hydroxylation sites is 3. The van der Waals surface area contributed by atoms with Gasteiger partial charge in [-0.2, -0.15) is 0 Å². The molecule has 0 fully saturated rings. The average Bonchev–Trinajstić information content (AvgIpc) is 3.94. The van der Waals surface area contributed by atoms with Crippen LogP contribution in [0, 0.1) is 0 Å². The number of nitrogens with zero attached hydrogens (tertiary/aromatic N) is 2. The summed E-state index contributed by atoms with van der Waals surface area (Å²) in [5, 5.41) is 7.17. The Morgan fingerprint density at radius 3 is 1.61 bits per heavy atom. The second-order valence-electron chi connectivity index (χ2n) is 17.3. The molecule has 314 valence electrons. The molecular weight excluding hydrogens is 813 g/mol. The molecule has 0 saturated carbocycles. The monoisotopic (exact) mass is 854 g/mol. The van der Waals surface area contributed by atoms with E-state index in [0.717, 1.165) is 61.4 Å². The van der Waals surface area contributed by atoms with Gasteiger partial charge in [-0.05, 0) is 111 Å². The van der Waals surface area contributed by atoms with Gasteiger partial charge in [-0.1, -0.05) is 188 Å². The van der Waals surface area contributed by atoms with Crippen molar-refractivity contribution in [3.63, 3.8) is 0 Å². The highest BCUT2D eigenvalue weighted by Gasteiger charge is 2.19. The van der Waals surface area contributed by atoms with E-state index < -0.39 is 0 Å². The minimum absolute atomic E-state index is 0.905. The smallest absolute Gasteiger partial charge is 0.135 e. The zero-order chi connectivity index (χ0) is 44.3. The third kappa shape index (κ3) is 6.67. The predicted octanol–water partition coefficient (Wildman–Crippen LogP) is 18.0. The Morgan fingerprint density at radius 2 is 0.821 bits per heavy atom. The first-order chi connectivity index (χ1) is 33.2. The Labute approximate surface area is 388 Å². The molecule has 3 nitrogen and oxygen atoms in total. The lowest BCUT2D eigenvalue weighted by Gasteiger charge is -2.27. The van der Waals surface area contributed by atoms with E-state index in [2.05, 4.69) is 252 Å². The van der Waals surface area contributed by atoms with Gasteiger partial charge in [0.2, 0.25) is 0 Å². The van der Waals surface area contributed by atoms with Crippen molar-refractivity contribution in [3.05, 3.63) is 255 Å². The normalized spacial score (nSPS) is 11.6. The standard InChI is InChI=1S/C64H42N2O/c1-2-13-43(14-3-1)50-33-39-56-55-19-7-10-22-61(55)66(62(56)42-50)60-21-9-6-18-54(60)48-27-25-44(26-28-48)45-29-35-51(36-30-45)65(59-23-12-16-47-15-4-5-17-53(47)59)52-37-31-46(32-38-52)49-34-40-64-58(41-49)57-20-8-11-24-63(57)67-64/h1-42H. The van der Waals surface area contributed by atoms with Gasteiger partial charge in [0.05, 0.1) is 22.4 Å². The van der Waals surface area contributed by atoms with Crippen LogP contribution >= 0.6 is 0 Å². The summed E-state index contributed by atoms with van der Waals surface area (Å²) in [5.41, 5.74) is 18.1. The van der Waals surface area contributed by atoms with Crippen molar-refractivity contribution >= 4 is 71.6 Å². The van der Waals surface area contributed by atoms with Crippen LogP contribution in [0.3, 0.4) is 0 Å². The van der Waals surface area contributed by atoms with Gasteiger partial charge in [-0.25, -0.2) is 0 Å². The van der Waals surface area contributed by atoms with Gasteiger partial charge in [0.25, 0.3) is 0 Å². The van der Waals surface area contributed by atoms with Gasteiger partial charge in [-0.3, -0.25) is 0 Å². The van der Waals surface area contributed by atoms with Gasteiger partial charge < -0.3 is 13.9 Å². The van der Waals surface area contributed by atoms with E-state index in [1.165, 1.54) is 60.4 Å². The van der Waals surface area contributed by atoms with Crippen molar-refractivity contribution in [2.45, 2.75) is 0 Å². The number of aromatic nitrogens is 1. The zero-order valence-corrected chi connectivity index (χ0v) is 36.6. The van der Waals surface area contributed by atoms with E-state index in [1.54, 1.807) is 0 Å². The lowest BCUT2D eigenvalue weighted by Crippen LogP contribution is -2.10. The quantitative estimate of drug-likeness (QED) is 0.152. The molecule has 11 aromatic carbocycles. The van der Waals surface area contributed by atoms with Crippen molar-refractivity contribution in [1.29, 1.82) is 0 Å². The number of hydrogen-bond donors (Lipinski definition) is 0. The summed E-state index contributed by atoms with van der Waals surface area (Å²) in [6.07, 6.45) is 0. The third-order valence-corrected chi connectivity index (χ3v) is 13.4. The molecule has 0 aliphatic carbocycles. The summed E-state index contributed by atoms with van der Waals surface area (Å²) < 4.78 is 8.57. The number of fused-ring (bicyclic) bond motifs is 7. The maximum absolute atomic E-state index is 6.13. The van der Waals surface area contributed by atoms with Crippen molar-refractivity contribution in [1.82, 2.24) is 4.57 Å². The molecule has 13 rings (SSSR count). The number of benzene rings is 11. The molecule has 0 atom stereocenters. The first-order valence-corrected chi connectivity index (χ1v) is 22.9. The van der Waals surface area contributed by atoms with E-state index in [9.17, 15) is 0 Å². The second kappa shape index (κ2) is 16.0. The predicted molar refractivity (Wildman–Crippen MR) is 282 cm³/mol. The lowest BCUT2D eigenvalue weighted by atomic mass is 9.98. The second-order valence-corrected chi connectivity index (χ2v) is 17.3. The van der Waals surface area contributed by atoms with Crippen molar-refractivity contribution in [2.75, 3.05) is 4.90 Å². The first kappa shape index (κ1) is 38.5. The molecule has 0 spiro atoms. The average molecular weight is 855 g/mol. The molecule has 0 amide bonds. The Bertz CT molecular complexity index is 3950. The van der Waals surface area contributed by atoms with E-state index in [1.807, 2.05) is 12.1 Å². The van der Waals surface area contributed by atoms with E-state index in [4.69, 9.17) is 4.42 Å². The summed E-state index contributed by atoms with van der Waals surface area (Å²) in [6, 6.07) is 92.0. The zero-order valence-electron chi connectivity index (χ0n) is 36.6. The van der Waals surface area contributed by atoms with Gasteiger partial charge in [0.1, 0.15) is 11.2 Å². The minimum Gasteiger partial charge on any atom is -0.456 e. The number of hydrogen-bond acceptors (Lipinski definition) is 2. The largest absolute Gasteiger partial charge is 0.456 e. The Balaban J connectivity index is 0.846. The molecule has 0 N–H and O–H groups in total.